The first-order valence-electron chi connectivity index (χ1n) is 3.96. The minimum absolute atomic E-state index is 0.326. The molecule has 0 aliphatic carbocycles. The molecule has 0 atom stereocenters. The van der Waals surface area contributed by atoms with Gasteiger partial charge in [-0.1, -0.05) is 5.04 Å². The van der Waals surface area contributed by atoms with Crippen LogP contribution in [0.3, 0.4) is 0 Å². The molecule has 1 saturated heterocycles. The summed E-state index contributed by atoms with van der Waals surface area (Å²) in [6.45, 7) is 1.63. The predicted molar refractivity (Wildman–Crippen MR) is 42.9 cm³/mol. The van der Waals surface area contributed by atoms with Gasteiger partial charge in [0.05, 0.1) is 25.7 Å². The fraction of sp³-hybridized carbons (Fsp3) is 0.500. The van der Waals surface area contributed by atoms with E-state index in [1.165, 1.54) is 0 Å². The van der Waals surface area contributed by atoms with E-state index >= 15 is 0 Å². The van der Waals surface area contributed by atoms with Crippen LogP contribution in [0.15, 0.2) is 24.7 Å². The smallest absolute Gasteiger partial charge is 0.229 e. The first kappa shape index (κ1) is 10.0. The molecule has 2 rings (SSSR count). The molecule has 5 heteroatoms. The molecule has 0 amide bonds. The van der Waals surface area contributed by atoms with Gasteiger partial charge in [0.15, 0.2) is 0 Å². The lowest BCUT2D eigenvalue weighted by molar-refractivity contribution is -0.532. The molecule has 2 aliphatic rings. The maximum Gasteiger partial charge on any atom is 0.229 e. The average Bonchev–Trinajstić information content (AvgIpc) is 2.53. The molecule has 0 bridgehead atoms. The minimum atomic E-state index is 0.326. The van der Waals surface area contributed by atoms with Crippen molar-refractivity contribution < 1.29 is 24.3 Å². The molecule has 74 valence electrons. The van der Waals surface area contributed by atoms with Crippen LogP contribution >= 0.6 is 0 Å². The highest BCUT2D eigenvalue weighted by Gasteiger charge is 1.96. The standard InChI is InChI=1S/C5H6O2.C3H6O3/c1-2-4-7-5-6-3-1;1-2-4-6-5-3-1/h1-4H,5H2;1-3H2. The van der Waals surface area contributed by atoms with Gasteiger partial charge in [-0.15, -0.1) is 0 Å². The Labute approximate surface area is 76.3 Å². The summed E-state index contributed by atoms with van der Waals surface area (Å²) in [6, 6.07) is 0. The lowest BCUT2D eigenvalue weighted by Gasteiger charge is -2.06. The van der Waals surface area contributed by atoms with Gasteiger partial charge in [-0.3, -0.25) is 0 Å². The van der Waals surface area contributed by atoms with Crippen LogP contribution in [0.1, 0.15) is 6.42 Å². The molecule has 0 aromatic heterocycles. The van der Waals surface area contributed by atoms with Gasteiger partial charge in [0.1, 0.15) is 0 Å². The van der Waals surface area contributed by atoms with Crippen molar-refractivity contribution in [1.82, 2.24) is 0 Å². The van der Waals surface area contributed by atoms with Crippen molar-refractivity contribution in [2.24, 2.45) is 0 Å². The van der Waals surface area contributed by atoms with E-state index in [9.17, 15) is 0 Å². The van der Waals surface area contributed by atoms with Crippen molar-refractivity contribution in [2.75, 3.05) is 20.0 Å². The third kappa shape index (κ3) is 6.15. The molecule has 13 heavy (non-hydrogen) atoms. The van der Waals surface area contributed by atoms with Gasteiger partial charge in [0.25, 0.3) is 0 Å². The van der Waals surface area contributed by atoms with Crippen molar-refractivity contribution in [3.05, 3.63) is 24.7 Å². The van der Waals surface area contributed by atoms with E-state index in [2.05, 4.69) is 14.8 Å². The van der Waals surface area contributed by atoms with Crippen LogP contribution in [0, 0.1) is 0 Å². The van der Waals surface area contributed by atoms with Crippen molar-refractivity contribution in [1.29, 1.82) is 0 Å². The van der Waals surface area contributed by atoms with Crippen molar-refractivity contribution >= 4 is 0 Å². The van der Waals surface area contributed by atoms with E-state index in [-0.39, 0.29) is 0 Å². The van der Waals surface area contributed by atoms with E-state index in [4.69, 9.17) is 9.47 Å². The van der Waals surface area contributed by atoms with Crippen LogP contribution in [0.25, 0.3) is 0 Å². The zero-order valence-corrected chi connectivity index (χ0v) is 7.18. The molecule has 0 saturated carbocycles. The summed E-state index contributed by atoms with van der Waals surface area (Å²) in [7, 11) is 0. The van der Waals surface area contributed by atoms with E-state index in [1.54, 1.807) is 24.7 Å². The lowest BCUT2D eigenvalue weighted by atomic mass is 10.5. The van der Waals surface area contributed by atoms with Crippen molar-refractivity contribution in [2.45, 2.75) is 6.42 Å². The number of hydrogen-bond acceptors (Lipinski definition) is 5. The zero-order chi connectivity index (χ0) is 9.19. The number of rotatable bonds is 0. The van der Waals surface area contributed by atoms with Gasteiger partial charge in [0, 0.05) is 6.42 Å². The maximum atomic E-state index is 4.73. The normalized spacial score (nSPS) is 20.3. The van der Waals surface area contributed by atoms with Gasteiger partial charge in [0.2, 0.25) is 6.79 Å². The van der Waals surface area contributed by atoms with E-state index < -0.39 is 0 Å². The Bertz CT molecular complexity index is 138. The van der Waals surface area contributed by atoms with Crippen LogP contribution in [-0.4, -0.2) is 20.0 Å². The first-order valence-corrected chi connectivity index (χ1v) is 3.96. The number of hydrogen-bond donors (Lipinski definition) is 0. The average molecular weight is 188 g/mol. The van der Waals surface area contributed by atoms with Crippen LogP contribution in [0.5, 0.6) is 0 Å². The summed E-state index contributed by atoms with van der Waals surface area (Å²) < 4.78 is 9.46. The zero-order valence-electron chi connectivity index (χ0n) is 7.18. The van der Waals surface area contributed by atoms with Crippen LogP contribution < -0.4 is 0 Å². The molecular weight excluding hydrogens is 176 g/mol. The summed E-state index contributed by atoms with van der Waals surface area (Å²) in [4.78, 5) is 8.69. The molecule has 5 nitrogen and oxygen atoms in total. The Kier molecular flexibility index (Phi) is 5.87. The summed E-state index contributed by atoms with van der Waals surface area (Å²) in [6.07, 6.45) is 7.65. The monoisotopic (exact) mass is 188 g/mol. The lowest BCUT2D eigenvalue weighted by Crippen LogP contribution is -2.08. The quantitative estimate of drug-likeness (QED) is 0.536. The van der Waals surface area contributed by atoms with Gasteiger partial charge in [-0.2, -0.15) is 0 Å². The molecule has 0 unspecified atom stereocenters. The van der Waals surface area contributed by atoms with Crippen LogP contribution in [-0.2, 0) is 24.3 Å². The molecule has 2 aliphatic heterocycles. The Hall–Kier alpha value is -1.04. The summed E-state index contributed by atoms with van der Waals surface area (Å²) in [5, 5.41) is 4.07. The fourth-order valence-corrected chi connectivity index (χ4v) is 0.599. The van der Waals surface area contributed by atoms with E-state index in [1.807, 2.05) is 0 Å². The molecule has 0 N–H and O–H groups in total. The highest BCUT2D eigenvalue weighted by molar-refractivity contribution is 4.96. The molecule has 0 spiro atoms. The van der Waals surface area contributed by atoms with Crippen molar-refractivity contribution in [3.63, 3.8) is 0 Å². The summed E-state index contributed by atoms with van der Waals surface area (Å²) >= 11 is 0. The van der Waals surface area contributed by atoms with Crippen LogP contribution in [0.4, 0.5) is 0 Å². The van der Waals surface area contributed by atoms with Gasteiger partial charge in [-0.05, 0) is 12.2 Å². The third-order valence-electron chi connectivity index (χ3n) is 1.15. The fourth-order valence-electron chi connectivity index (χ4n) is 0.599. The number of ether oxygens (including phenoxy) is 2. The van der Waals surface area contributed by atoms with Gasteiger partial charge >= 0.3 is 0 Å². The van der Waals surface area contributed by atoms with Gasteiger partial charge < -0.3 is 9.47 Å². The Morgan fingerprint density at radius 2 is 1.46 bits per heavy atom. The van der Waals surface area contributed by atoms with Crippen LogP contribution in [0.2, 0.25) is 0 Å². The SMILES string of the molecule is C1=COCOC=C1.C1COOOC1. The molecule has 0 radical (unpaired) electrons. The molecule has 2 heterocycles. The summed E-state index contributed by atoms with van der Waals surface area (Å²) in [5.41, 5.74) is 0. The van der Waals surface area contributed by atoms with Gasteiger partial charge in [-0.25, -0.2) is 9.78 Å². The molecular formula is C8H12O5. The second kappa shape index (κ2) is 7.60. The molecule has 0 aromatic rings. The topological polar surface area (TPSA) is 46.2 Å². The minimum Gasteiger partial charge on any atom is -0.465 e. The van der Waals surface area contributed by atoms with E-state index in [0.717, 1.165) is 6.42 Å². The largest absolute Gasteiger partial charge is 0.465 e. The Morgan fingerprint density at radius 3 is 1.85 bits per heavy atom. The highest BCUT2D eigenvalue weighted by Crippen LogP contribution is 1.93. The first-order chi connectivity index (χ1) is 6.50. The van der Waals surface area contributed by atoms with Crippen molar-refractivity contribution in [3.8, 4) is 0 Å². The summed E-state index contributed by atoms with van der Waals surface area (Å²) in [5.74, 6) is 0. The highest BCUT2D eigenvalue weighted by atomic mass is 17.5. The Morgan fingerprint density at radius 1 is 0.846 bits per heavy atom. The molecule has 1 fully saturated rings. The predicted octanol–water partition coefficient (Wildman–Crippen LogP) is 1.29. The maximum absolute atomic E-state index is 4.73. The molecule has 0 aromatic carbocycles. The second-order valence-corrected chi connectivity index (χ2v) is 2.17. The Balaban J connectivity index is 0.000000132. The second-order valence-electron chi connectivity index (χ2n) is 2.17. The third-order valence-corrected chi connectivity index (χ3v) is 1.15. The van der Waals surface area contributed by atoms with E-state index in [0.29, 0.717) is 20.0 Å². The number of allylic oxidation sites excluding steroid dienone is 2.